The number of rotatable bonds is 13. The molecule has 0 unspecified atom stereocenters. The number of halogens is 1. The molecule has 4 nitrogen and oxygen atoms in total. The number of benzene rings is 3. The van der Waals surface area contributed by atoms with Crippen molar-refractivity contribution in [2.75, 3.05) is 13.7 Å². The van der Waals surface area contributed by atoms with Gasteiger partial charge in [0.05, 0.1) is 18.5 Å². The van der Waals surface area contributed by atoms with Crippen LogP contribution in [0.2, 0.25) is 5.02 Å². The van der Waals surface area contributed by atoms with Crippen LogP contribution in [0.1, 0.15) is 56.4 Å². The number of hydrogen-bond donors (Lipinski definition) is 0. The molecule has 4 aromatic rings. The maximum absolute atomic E-state index is 6.26. The molecule has 3 aromatic carbocycles. The summed E-state index contributed by atoms with van der Waals surface area (Å²) in [5, 5.41) is 0.739. The standard InChI is InChI=1S/C33H40ClN3O/c1-5-7-20-36(23-26-14-19-31(38-4)25(3)22-26)24-30-32(27-15-17-29(34)18-16-27)35-33(37(30)21-8-6-2)28-12-10-9-11-13-28/h9-19,22H,5-8,20-21,23-24H2,1-4H3. The van der Waals surface area contributed by atoms with Gasteiger partial charge in [0, 0.05) is 35.8 Å². The lowest BCUT2D eigenvalue weighted by molar-refractivity contribution is 0.246. The SMILES string of the molecule is CCCCN(Cc1ccc(OC)c(C)c1)Cc1c(-c2ccc(Cl)cc2)nc(-c2ccccc2)n1CCCC. The van der Waals surface area contributed by atoms with Crippen molar-refractivity contribution in [2.24, 2.45) is 0 Å². The minimum absolute atomic E-state index is 0.739. The van der Waals surface area contributed by atoms with Crippen molar-refractivity contribution in [3.05, 3.63) is 94.6 Å². The number of aryl methyl sites for hydroxylation is 1. The van der Waals surface area contributed by atoms with Gasteiger partial charge in [0.25, 0.3) is 0 Å². The maximum atomic E-state index is 6.26. The highest BCUT2D eigenvalue weighted by atomic mass is 35.5. The largest absolute Gasteiger partial charge is 0.496 e. The summed E-state index contributed by atoms with van der Waals surface area (Å²) >= 11 is 6.26. The molecule has 38 heavy (non-hydrogen) atoms. The molecule has 0 saturated heterocycles. The fraction of sp³-hybridized carbons (Fsp3) is 0.364. The van der Waals surface area contributed by atoms with Crippen LogP contribution in [0.15, 0.2) is 72.8 Å². The van der Waals surface area contributed by atoms with E-state index in [9.17, 15) is 0 Å². The van der Waals surface area contributed by atoms with Crippen molar-refractivity contribution in [3.8, 4) is 28.4 Å². The fourth-order valence-corrected chi connectivity index (χ4v) is 5.08. The number of ether oxygens (including phenoxy) is 1. The van der Waals surface area contributed by atoms with E-state index in [4.69, 9.17) is 21.3 Å². The summed E-state index contributed by atoms with van der Waals surface area (Å²) in [7, 11) is 1.73. The fourth-order valence-electron chi connectivity index (χ4n) is 4.95. The van der Waals surface area contributed by atoms with Crippen LogP contribution in [0.5, 0.6) is 5.75 Å². The van der Waals surface area contributed by atoms with E-state index in [0.29, 0.717) is 0 Å². The van der Waals surface area contributed by atoms with E-state index in [1.165, 1.54) is 16.8 Å². The molecule has 0 aliphatic rings. The third kappa shape index (κ3) is 6.86. The van der Waals surface area contributed by atoms with E-state index in [1.54, 1.807) is 7.11 Å². The molecule has 0 aliphatic carbocycles. The topological polar surface area (TPSA) is 30.3 Å². The second-order valence-electron chi connectivity index (χ2n) is 9.98. The van der Waals surface area contributed by atoms with Crippen LogP contribution in [0, 0.1) is 6.92 Å². The molecular weight excluding hydrogens is 490 g/mol. The lowest BCUT2D eigenvalue weighted by Gasteiger charge is -2.24. The molecule has 0 amide bonds. The average molecular weight is 530 g/mol. The van der Waals surface area contributed by atoms with Crippen LogP contribution in [0.3, 0.4) is 0 Å². The van der Waals surface area contributed by atoms with Gasteiger partial charge in [0.1, 0.15) is 11.6 Å². The molecule has 0 N–H and O–H groups in total. The summed E-state index contributed by atoms with van der Waals surface area (Å²) in [4.78, 5) is 7.85. The first-order valence-electron chi connectivity index (χ1n) is 13.8. The highest BCUT2D eigenvalue weighted by molar-refractivity contribution is 6.30. The van der Waals surface area contributed by atoms with E-state index in [0.717, 1.165) is 85.3 Å². The molecule has 0 spiro atoms. The first kappa shape index (κ1) is 27.9. The number of aromatic nitrogens is 2. The quantitative estimate of drug-likeness (QED) is 0.173. The third-order valence-electron chi connectivity index (χ3n) is 7.02. The summed E-state index contributed by atoms with van der Waals surface area (Å²) < 4.78 is 7.96. The molecule has 0 saturated carbocycles. The average Bonchev–Trinajstić information content (AvgIpc) is 3.29. The first-order chi connectivity index (χ1) is 18.5. The van der Waals surface area contributed by atoms with Crippen LogP contribution in [0.4, 0.5) is 0 Å². The zero-order valence-corrected chi connectivity index (χ0v) is 24.0. The first-order valence-corrected chi connectivity index (χ1v) is 14.2. The molecule has 0 fully saturated rings. The zero-order chi connectivity index (χ0) is 26.9. The molecule has 0 bridgehead atoms. The van der Waals surface area contributed by atoms with Gasteiger partial charge < -0.3 is 9.30 Å². The van der Waals surface area contributed by atoms with E-state index >= 15 is 0 Å². The van der Waals surface area contributed by atoms with Crippen molar-refractivity contribution < 1.29 is 4.74 Å². The Morgan fingerprint density at radius 2 is 1.61 bits per heavy atom. The molecule has 0 radical (unpaired) electrons. The van der Waals surface area contributed by atoms with E-state index in [-0.39, 0.29) is 0 Å². The van der Waals surface area contributed by atoms with Gasteiger partial charge in [-0.05, 0) is 55.6 Å². The van der Waals surface area contributed by atoms with Crippen LogP contribution < -0.4 is 4.74 Å². The van der Waals surface area contributed by atoms with E-state index in [2.05, 4.69) is 90.9 Å². The Balaban J connectivity index is 1.79. The molecular formula is C33H40ClN3O. The Morgan fingerprint density at radius 1 is 0.868 bits per heavy atom. The predicted octanol–water partition coefficient (Wildman–Crippen LogP) is 8.79. The highest BCUT2D eigenvalue weighted by Crippen LogP contribution is 2.32. The minimum Gasteiger partial charge on any atom is -0.496 e. The van der Waals surface area contributed by atoms with Gasteiger partial charge in [-0.1, -0.05) is 92.9 Å². The Hall–Kier alpha value is -3.08. The maximum Gasteiger partial charge on any atom is 0.140 e. The molecule has 0 aliphatic heterocycles. The van der Waals surface area contributed by atoms with E-state index in [1.807, 2.05) is 12.1 Å². The van der Waals surface area contributed by atoms with Crippen molar-refractivity contribution in [2.45, 2.75) is 66.1 Å². The van der Waals surface area contributed by atoms with Crippen molar-refractivity contribution in [3.63, 3.8) is 0 Å². The summed E-state index contributed by atoms with van der Waals surface area (Å²) in [5.74, 6) is 1.97. The van der Waals surface area contributed by atoms with E-state index < -0.39 is 0 Å². The lowest BCUT2D eigenvalue weighted by Crippen LogP contribution is -2.26. The van der Waals surface area contributed by atoms with Crippen molar-refractivity contribution in [1.29, 1.82) is 0 Å². The number of hydrogen-bond acceptors (Lipinski definition) is 3. The molecule has 1 aromatic heterocycles. The van der Waals surface area contributed by atoms with Crippen LogP contribution >= 0.6 is 11.6 Å². The summed E-state index contributed by atoms with van der Waals surface area (Å²) in [5.41, 5.74) is 7.03. The van der Waals surface area contributed by atoms with Crippen LogP contribution in [-0.4, -0.2) is 28.1 Å². The van der Waals surface area contributed by atoms with Crippen LogP contribution in [0.25, 0.3) is 22.6 Å². The lowest BCUT2D eigenvalue weighted by atomic mass is 10.1. The monoisotopic (exact) mass is 529 g/mol. The second kappa shape index (κ2) is 13.6. The minimum atomic E-state index is 0.739. The Morgan fingerprint density at radius 3 is 2.26 bits per heavy atom. The smallest absolute Gasteiger partial charge is 0.140 e. The van der Waals surface area contributed by atoms with Crippen LogP contribution in [-0.2, 0) is 19.6 Å². The van der Waals surface area contributed by atoms with Gasteiger partial charge in [0.2, 0.25) is 0 Å². The van der Waals surface area contributed by atoms with Crippen molar-refractivity contribution in [1.82, 2.24) is 14.5 Å². The normalized spacial score (nSPS) is 11.3. The number of methoxy groups -OCH3 is 1. The van der Waals surface area contributed by atoms with Gasteiger partial charge in [-0.2, -0.15) is 0 Å². The summed E-state index contributed by atoms with van der Waals surface area (Å²) in [6.07, 6.45) is 4.55. The highest BCUT2D eigenvalue weighted by Gasteiger charge is 2.22. The number of unbranched alkanes of at least 4 members (excludes halogenated alkanes) is 2. The number of nitrogens with zero attached hydrogens (tertiary/aromatic N) is 3. The Kier molecular flexibility index (Phi) is 10.0. The third-order valence-corrected chi connectivity index (χ3v) is 7.28. The zero-order valence-electron chi connectivity index (χ0n) is 23.2. The Labute approximate surface area is 233 Å². The molecule has 0 atom stereocenters. The molecule has 1 heterocycles. The number of imidazole rings is 1. The van der Waals surface area contributed by atoms with Gasteiger partial charge in [-0.3, -0.25) is 4.90 Å². The van der Waals surface area contributed by atoms with Gasteiger partial charge in [0.15, 0.2) is 0 Å². The Bertz CT molecular complexity index is 1300. The van der Waals surface area contributed by atoms with Gasteiger partial charge in [-0.25, -0.2) is 4.98 Å². The van der Waals surface area contributed by atoms with Gasteiger partial charge in [-0.15, -0.1) is 0 Å². The van der Waals surface area contributed by atoms with Gasteiger partial charge >= 0.3 is 0 Å². The molecule has 5 heteroatoms. The predicted molar refractivity (Wildman–Crippen MR) is 160 cm³/mol. The summed E-state index contributed by atoms with van der Waals surface area (Å²) in [6.45, 7) is 10.3. The molecule has 200 valence electrons. The molecule has 4 rings (SSSR count). The van der Waals surface area contributed by atoms with Crippen molar-refractivity contribution >= 4 is 11.6 Å². The second-order valence-corrected chi connectivity index (χ2v) is 10.4. The summed E-state index contributed by atoms with van der Waals surface area (Å²) in [6, 6.07) is 25.2.